The monoisotopic (exact) mass is 244 g/mol. The Labute approximate surface area is 82.1 Å². The van der Waals surface area contributed by atoms with Crippen LogP contribution in [0.4, 0.5) is 23.3 Å². The van der Waals surface area contributed by atoms with Gasteiger partial charge in [-0.3, -0.25) is 4.98 Å². The van der Waals surface area contributed by atoms with Crippen molar-refractivity contribution in [2.24, 2.45) is 0 Å². The molecule has 0 fully saturated rings. The van der Waals surface area contributed by atoms with E-state index < -0.39 is 25.7 Å². The molecular weight excluding hydrogens is 240 g/mol. The van der Waals surface area contributed by atoms with Crippen LogP contribution in [-0.4, -0.2) is 18.9 Å². The molecule has 1 aromatic heterocycles. The largest absolute Gasteiger partial charge is 0.519 e. The van der Waals surface area contributed by atoms with Gasteiger partial charge in [0.15, 0.2) is 0 Å². The zero-order chi connectivity index (χ0) is 11.7. The highest BCUT2D eigenvalue weighted by Gasteiger charge is 2.51. The summed E-state index contributed by atoms with van der Waals surface area (Å²) >= 11 is 0. The van der Waals surface area contributed by atoms with Gasteiger partial charge in [-0.1, -0.05) is 9.01 Å². The minimum absolute atomic E-state index is 0.762. The Balaban J connectivity index is 3.12. The first-order valence-electron chi connectivity index (χ1n) is 3.44. The van der Waals surface area contributed by atoms with Gasteiger partial charge in [0.05, 0.1) is 5.69 Å². The number of nitrogens with zero attached hydrogens (tertiary/aromatic N) is 2. The Bertz CT molecular complexity index is 430. The lowest BCUT2D eigenvalue weighted by Crippen LogP contribution is -2.35. The molecule has 1 rings (SSSR count). The second-order valence-corrected chi connectivity index (χ2v) is 4.10. The van der Waals surface area contributed by atoms with Gasteiger partial charge in [0.2, 0.25) is 0 Å². The average molecular weight is 244 g/mol. The molecule has 1 heterocycles. The molecule has 1 aromatic rings. The highest BCUT2D eigenvalue weighted by Crippen LogP contribution is 2.30. The molecule has 0 spiro atoms. The van der Waals surface area contributed by atoms with Crippen LogP contribution in [0.3, 0.4) is 0 Å². The van der Waals surface area contributed by atoms with Gasteiger partial charge >= 0.3 is 15.5 Å². The number of alkyl halides is 3. The highest BCUT2D eigenvalue weighted by atomic mass is 32.2. The first kappa shape index (κ1) is 11.7. The van der Waals surface area contributed by atoms with Gasteiger partial charge in [-0.25, -0.2) is 0 Å². The maximum absolute atomic E-state index is 12.9. The van der Waals surface area contributed by atoms with E-state index in [2.05, 4.69) is 4.98 Å². The standard InChI is InChI=1S/C6H4F4N2O2S/c7-6(8,9)15(13,14)12(10)5-1-3-11-4-2-5/h1-4H. The molecule has 0 aliphatic heterocycles. The summed E-state index contributed by atoms with van der Waals surface area (Å²) in [6.07, 6.45) is 1.93. The van der Waals surface area contributed by atoms with E-state index in [1.54, 1.807) is 0 Å². The third-order valence-corrected chi connectivity index (χ3v) is 2.59. The number of hydrogen-bond donors (Lipinski definition) is 0. The number of sulfonamides is 1. The SMILES string of the molecule is O=S(=O)(N(F)c1ccncc1)C(F)(F)F. The van der Waals surface area contributed by atoms with Crippen LogP contribution in [0, 0.1) is 0 Å². The van der Waals surface area contributed by atoms with Crippen LogP contribution in [-0.2, 0) is 10.0 Å². The fourth-order valence-electron chi connectivity index (χ4n) is 0.691. The first-order valence-corrected chi connectivity index (χ1v) is 4.88. The van der Waals surface area contributed by atoms with Gasteiger partial charge < -0.3 is 0 Å². The fraction of sp³-hybridized carbons (Fsp3) is 0.167. The third-order valence-electron chi connectivity index (χ3n) is 1.37. The van der Waals surface area contributed by atoms with Crippen LogP contribution in [0.15, 0.2) is 24.5 Å². The molecule has 0 radical (unpaired) electrons. The predicted molar refractivity (Wildman–Crippen MR) is 42.8 cm³/mol. The highest BCUT2D eigenvalue weighted by molar-refractivity contribution is 7.93. The quantitative estimate of drug-likeness (QED) is 0.586. The molecule has 0 atom stereocenters. The number of pyridine rings is 1. The van der Waals surface area contributed by atoms with Gasteiger partial charge in [0.1, 0.15) is 0 Å². The van der Waals surface area contributed by atoms with Crippen LogP contribution in [0.1, 0.15) is 0 Å². The van der Waals surface area contributed by atoms with Crippen molar-refractivity contribution in [1.82, 2.24) is 4.98 Å². The zero-order valence-corrected chi connectivity index (χ0v) is 7.76. The lowest BCUT2D eigenvalue weighted by atomic mass is 10.4. The average Bonchev–Trinajstić information content (AvgIpc) is 2.16. The molecule has 84 valence electrons. The number of halogens is 4. The second kappa shape index (κ2) is 3.65. The Morgan fingerprint density at radius 3 is 2.07 bits per heavy atom. The molecular formula is C6H4F4N2O2S. The molecule has 15 heavy (non-hydrogen) atoms. The van der Waals surface area contributed by atoms with Crippen molar-refractivity contribution in [3.63, 3.8) is 0 Å². The fourth-order valence-corrected chi connectivity index (χ4v) is 1.27. The molecule has 0 amide bonds. The van der Waals surface area contributed by atoms with Gasteiger partial charge in [0, 0.05) is 12.4 Å². The van der Waals surface area contributed by atoms with E-state index in [9.17, 15) is 26.1 Å². The maximum Gasteiger partial charge on any atom is 0.519 e. The van der Waals surface area contributed by atoms with E-state index in [1.165, 1.54) is 0 Å². The summed E-state index contributed by atoms with van der Waals surface area (Å²) in [7, 11) is -5.99. The molecule has 0 aliphatic rings. The molecule has 9 heteroatoms. The zero-order valence-electron chi connectivity index (χ0n) is 6.94. The van der Waals surface area contributed by atoms with Crippen molar-refractivity contribution >= 4 is 15.7 Å². The van der Waals surface area contributed by atoms with Crippen molar-refractivity contribution < 1.29 is 26.1 Å². The topological polar surface area (TPSA) is 50.3 Å². The van der Waals surface area contributed by atoms with Gasteiger partial charge in [-0.05, 0) is 12.1 Å². The molecule has 0 bridgehead atoms. The molecule has 0 aromatic carbocycles. The van der Waals surface area contributed by atoms with Crippen LogP contribution in [0.2, 0.25) is 0 Å². The summed E-state index contributed by atoms with van der Waals surface area (Å²) in [5.41, 5.74) is -6.44. The van der Waals surface area contributed by atoms with E-state index in [0.29, 0.717) is 0 Å². The van der Waals surface area contributed by atoms with Crippen molar-refractivity contribution in [2.75, 3.05) is 4.53 Å². The molecule has 0 unspecified atom stereocenters. The van der Waals surface area contributed by atoms with Gasteiger partial charge in [-0.2, -0.15) is 21.6 Å². The van der Waals surface area contributed by atoms with Crippen molar-refractivity contribution in [1.29, 1.82) is 0 Å². The summed E-state index contributed by atoms with van der Waals surface area (Å²) in [6.45, 7) is 0. The normalized spacial score (nSPS) is 12.5. The third kappa shape index (κ3) is 2.17. The summed E-state index contributed by atoms with van der Waals surface area (Å²) in [6, 6.07) is 1.59. The van der Waals surface area contributed by atoms with Crippen molar-refractivity contribution in [3.05, 3.63) is 24.5 Å². The number of rotatable bonds is 2. The minimum Gasteiger partial charge on any atom is -0.265 e. The lowest BCUT2D eigenvalue weighted by Gasteiger charge is -2.15. The van der Waals surface area contributed by atoms with Crippen LogP contribution < -0.4 is 4.53 Å². The first-order chi connectivity index (χ1) is 6.77. The molecule has 0 saturated heterocycles. The number of anilines is 1. The Morgan fingerprint density at radius 1 is 1.20 bits per heavy atom. The van der Waals surface area contributed by atoms with Gasteiger partial charge in [-0.15, -0.1) is 0 Å². The second-order valence-electron chi connectivity index (χ2n) is 2.37. The maximum atomic E-state index is 12.9. The van der Waals surface area contributed by atoms with Crippen molar-refractivity contribution in [2.45, 2.75) is 5.51 Å². The Morgan fingerprint density at radius 2 is 1.67 bits per heavy atom. The van der Waals surface area contributed by atoms with Crippen molar-refractivity contribution in [3.8, 4) is 0 Å². The van der Waals surface area contributed by atoms with E-state index in [-0.39, 0.29) is 0 Å². The van der Waals surface area contributed by atoms with Crippen LogP contribution in [0.25, 0.3) is 0 Å². The van der Waals surface area contributed by atoms with E-state index in [0.717, 1.165) is 24.5 Å². The Hall–Kier alpha value is -1.38. The molecule has 4 nitrogen and oxygen atoms in total. The number of hydrogen-bond acceptors (Lipinski definition) is 3. The molecule has 0 N–H and O–H groups in total. The van der Waals surface area contributed by atoms with Crippen LogP contribution in [0.5, 0.6) is 0 Å². The summed E-state index contributed by atoms with van der Waals surface area (Å²) in [5.74, 6) is 0. The van der Waals surface area contributed by atoms with Gasteiger partial charge in [0.25, 0.3) is 0 Å². The minimum atomic E-state index is -5.99. The molecule has 0 saturated carbocycles. The Kier molecular flexibility index (Phi) is 2.84. The smallest absolute Gasteiger partial charge is 0.265 e. The van der Waals surface area contributed by atoms with E-state index in [4.69, 9.17) is 0 Å². The summed E-state index contributed by atoms with van der Waals surface area (Å²) in [5, 5.41) is 0. The number of aromatic nitrogens is 1. The summed E-state index contributed by atoms with van der Waals surface area (Å²) in [4.78, 5) is 3.40. The molecule has 0 aliphatic carbocycles. The van der Waals surface area contributed by atoms with E-state index >= 15 is 0 Å². The predicted octanol–water partition coefficient (Wildman–Crippen LogP) is 1.62. The lowest BCUT2D eigenvalue weighted by molar-refractivity contribution is -0.0448. The summed E-state index contributed by atoms with van der Waals surface area (Å²) < 4.78 is 68.3. The van der Waals surface area contributed by atoms with E-state index in [1.807, 2.05) is 0 Å². The van der Waals surface area contributed by atoms with Crippen LogP contribution >= 0.6 is 0 Å².